The summed E-state index contributed by atoms with van der Waals surface area (Å²) in [5, 5.41) is 7.96. The van der Waals surface area contributed by atoms with Gasteiger partial charge in [-0.2, -0.15) is 4.99 Å². The summed E-state index contributed by atoms with van der Waals surface area (Å²) >= 11 is 1.59. The molecule has 1 fully saturated rings. The van der Waals surface area contributed by atoms with Gasteiger partial charge < -0.3 is 15.0 Å². The summed E-state index contributed by atoms with van der Waals surface area (Å²) in [6.45, 7) is 10.6. The van der Waals surface area contributed by atoms with Gasteiger partial charge in [0.2, 0.25) is 0 Å². The highest BCUT2D eigenvalue weighted by molar-refractivity contribution is 8.14. The standard InChI is InChI=1S/C34H35F3N6O2S/c1-21(2)30-22(3)7-6-8-29(30)43-24(5)17-18-46-33(43)40-32(44)38-19-23(4)25-9-11-26(12-10-25)31-39-20-42(41-31)27-13-15-28(16-14-27)45-34(35,36)37/h6-16,19-21,24H,17-18H2,1-5H3,(H,38,44)/b23-19+,40-33-. The lowest BCUT2D eigenvalue weighted by Crippen LogP contribution is -2.42. The van der Waals surface area contributed by atoms with Crippen molar-refractivity contribution in [2.75, 3.05) is 10.7 Å². The van der Waals surface area contributed by atoms with E-state index in [-0.39, 0.29) is 11.8 Å². The third-order valence-electron chi connectivity index (χ3n) is 7.59. The Balaban J connectivity index is 1.26. The molecule has 1 aliphatic rings. The van der Waals surface area contributed by atoms with E-state index in [4.69, 9.17) is 0 Å². The van der Waals surface area contributed by atoms with E-state index >= 15 is 0 Å². The molecule has 1 unspecified atom stereocenters. The number of benzene rings is 3. The van der Waals surface area contributed by atoms with E-state index in [0.29, 0.717) is 22.6 Å². The molecule has 1 aliphatic heterocycles. The summed E-state index contributed by atoms with van der Waals surface area (Å²) in [7, 11) is 0. The Morgan fingerprint density at radius 3 is 2.50 bits per heavy atom. The normalized spacial score (nSPS) is 16.6. The molecule has 2 amide bonds. The molecule has 0 spiro atoms. The molecule has 1 saturated heterocycles. The average Bonchev–Trinajstić information content (AvgIpc) is 3.50. The quantitative estimate of drug-likeness (QED) is 0.216. The number of anilines is 1. The van der Waals surface area contributed by atoms with Crippen molar-refractivity contribution in [3.05, 3.63) is 95.9 Å². The van der Waals surface area contributed by atoms with E-state index in [1.54, 1.807) is 18.0 Å². The molecule has 2 heterocycles. The van der Waals surface area contributed by atoms with E-state index in [1.165, 1.54) is 46.4 Å². The van der Waals surface area contributed by atoms with Gasteiger partial charge in [0.25, 0.3) is 0 Å². The number of aryl methyl sites for hydroxylation is 1. The van der Waals surface area contributed by atoms with Crippen LogP contribution in [0.1, 0.15) is 56.7 Å². The van der Waals surface area contributed by atoms with Crippen LogP contribution in [0.5, 0.6) is 5.75 Å². The lowest BCUT2D eigenvalue weighted by molar-refractivity contribution is -0.274. The number of urea groups is 1. The smallest absolute Gasteiger partial charge is 0.406 e. The highest BCUT2D eigenvalue weighted by atomic mass is 32.2. The zero-order valence-corrected chi connectivity index (χ0v) is 27.0. The van der Waals surface area contributed by atoms with Crippen molar-refractivity contribution in [1.82, 2.24) is 20.1 Å². The predicted octanol–water partition coefficient (Wildman–Crippen LogP) is 8.72. The Kier molecular flexibility index (Phi) is 9.85. The summed E-state index contributed by atoms with van der Waals surface area (Å²) in [4.78, 5) is 24.0. The van der Waals surface area contributed by atoms with Gasteiger partial charge in [0.05, 0.1) is 5.69 Å². The van der Waals surface area contributed by atoms with Crippen LogP contribution < -0.4 is 15.0 Å². The Labute approximate surface area is 270 Å². The zero-order chi connectivity index (χ0) is 33.0. The van der Waals surface area contributed by atoms with Crippen molar-refractivity contribution in [3.63, 3.8) is 0 Å². The molecular formula is C34H35F3N6O2S. The number of alkyl halides is 3. The second kappa shape index (κ2) is 13.8. The monoisotopic (exact) mass is 648 g/mol. The fraction of sp³-hybridized carbons (Fsp3) is 0.294. The van der Waals surface area contributed by atoms with Gasteiger partial charge in [0.15, 0.2) is 11.0 Å². The Bertz CT molecular complexity index is 1750. The minimum absolute atomic E-state index is 0.210. The molecular weight excluding hydrogens is 613 g/mol. The van der Waals surface area contributed by atoms with E-state index in [2.05, 4.69) is 75.9 Å². The van der Waals surface area contributed by atoms with Crippen molar-refractivity contribution in [2.45, 2.75) is 59.4 Å². The molecule has 0 aliphatic carbocycles. The predicted molar refractivity (Wildman–Crippen MR) is 177 cm³/mol. The number of hydrogen-bond donors (Lipinski definition) is 1. The van der Waals surface area contributed by atoms with Crippen LogP contribution in [0.2, 0.25) is 0 Å². The van der Waals surface area contributed by atoms with Crippen LogP contribution in [0.15, 0.2) is 84.2 Å². The number of aromatic nitrogens is 3. The second-order valence-corrected chi connectivity index (χ2v) is 12.4. The number of rotatable bonds is 7. The molecule has 5 rings (SSSR count). The van der Waals surface area contributed by atoms with Crippen LogP contribution >= 0.6 is 11.8 Å². The lowest BCUT2D eigenvalue weighted by atomic mass is 9.95. The fourth-order valence-corrected chi connectivity index (χ4v) is 6.54. The number of nitrogens with one attached hydrogen (secondary N) is 1. The number of nitrogens with zero attached hydrogens (tertiary/aromatic N) is 5. The van der Waals surface area contributed by atoms with Crippen LogP contribution in [0.3, 0.4) is 0 Å². The third kappa shape index (κ3) is 7.79. The summed E-state index contributed by atoms with van der Waals surface area (Å²) in [5.41, 5.74) is 6.60. The van der Waals surface area contributed by atoms with E-state index in [1.807, 2.05) is 31.2 Å². The Morgan fingerprint density at radius 2 is 1.83 bits per heavy atom. The second-order valence-electron chi connectivity index (χ2n) is 11.3. The van der Waals surface area contributed by atoms with Gasteiger partial charge in [-0.3, -0.25) is 0 Å². The molecule has 1 N–H and O–H groups in total. The molecule has 1 atom stereocenters. The number of thioether (sulfide) groups is 1. The number of amides is 2. The first-order chi connectivity index (χ1) is 21.9. The van der Waals surface area contributed by atoms with Crippen molar-refractivity contribution in [3.8, 4) is 22.8 Å². The Morgan fingerprint density at radius 1 is 1.11 bits per heavy atom. The maximum absolute atomic E-state index is 13.0. The van der Waals surface area contributed by atoms with Gasteiger partial charge in [-0.25, -0.2) is 14.5 Å². The topological polar surface area (TPSA) is 84.6 Å². The molecule has 8 nitrogen and oxygen atoms in total. The van der Waals surface area contributed by atoms with E-state index in [9.17, 15) is 18.0 Å². The van der Waals surface area contributed by atoms with Crippen molar-refractivity contribution in [2.24, 2.45) is 4.99 Å². The van der Waals surface area contributed by atoms with Crippen LogP contribution in [-0.2, 0) is 0 Å². The van der Waals surface area contributed by atoms with Crippen molar-refractivity contribution < 1.29 is 22.7 Å². The largest absolute Gasteiger partial charge is 0.573 e. The van der Waals surface area contributed by atoms with Crippen LogP contribution in [0.25, 0.3) is 22.6 Å². The molecule has 0 radical (unpaired) electrons. The van der Waals surface area contributed by atoms with Gasteiger partial charge in [0.1, 0.15) is 12.1 Å². The molecule has 1 aromatic heterocycles. The SMILES string of the molecule is C/C(=C\NC(=O)/N=C1\SCCC(C)N1c1cccc(C)c1C(C)C)c1ccc(-c2ncn(-c3ccc(OC(F)(F)F)cc3)n2)cc1. The van der Waals surface area contributed by atoms with Crippen molar-refractivity contribution in [1.29, 1.82) is 0 Å². The number of hydrogen-bond acceptors (Lipinski definition) is 5. The van der Waals surface area contributed by atoms with Gasteiger partial charge in [-0.05, 0) is 85.7 Å². The minimum atomic E-state index is -4.75. The molecule has 4 aromatic rings. The Hall–Kier alpha value is -4.58. The van der Waals surface area contributed by atoms with Gasteiger partial charge >= 0.3 is 12.4 Å². The summed E-state index contributed by atoms with van der Waals surface area (Å²) in [6.07, 6.45) is -0.625. The first kappa shape index (κ1) is 32.8. The van der Waals surface area contributed by atoms with Gasteiger partial charge in [0, 0.05) is 29.2 Å². The van der Waals surface area contributed by atoms with Crippen LogP contribution in [0.4, 0.5) is 23.7 Å². The molecule has 0 saturated carbocycles. The molecule has 3 aromatic carbocycles. The first-order valence-corrected chi connectivity index (χ1v) is 15.8. The highest BCUT2D eigenvalue weighted by Crippen LogP contribution is 2.36. The number of halogens is 3. The minimum Gasteiger partial charge on any atom is -0.406 e. The molecule has 240 valence electrons. The van der Waals surface area contributed by atoms with E-state index in [0.717, 1.165) is 34.6 Å². The molecule has 0 bridgehead atoms. The fourth-order valence-electron chi connectivity index (χ4n) is 5.34. The summed E-state index contributed by atoms with van der Waals surface area (Å²) < 4.78 is 42.7. The number of carbonyl (C=O) groups is 1. The highest BCUT2D eigenvalue weighted by Gasteiger charge is 2.31. The zero-order valence-electron chi connectivity index (χ0n) is 26.2. The average molecular weight is 649 g/mol. The third-order valence-corrected chi connectivity index (χ3v) is 8.57. The number of ether oxygens (including phenoxy) is 1. The van der Waals surface area contributed by atoms with Crippen LogP contribution in [0, 0.1) is 6.92 Å². The number of allylic oxidation sites excluding steroid dienone is 1. The number of aliphatic imine (C=N–C) groups is 1. The summed E-state index contributed by atoms with van der Waals surface area (Å²) in [6, 6.07) is 18.9. The first-order valence-electron chi connectivity index (χ1n) is 14.9. The summed E-state index contributed by atoms with van der Waals surface area (Å²) in [5.74, 6) is 1.36. The molecule has 46 heavy (non-hydrogen) atoms. The van der Waals surface area contributed by atoms with Crippen LogP contribution in [-0.4, -0.2) is 44.1 Å². The maximum Gasteiger partial charge on any atom is 0.573 e. The number of amidine groups is 1. The lowest BCUT2D eigenvalue weighted by Gasteiger charge is -2.37. The van der Waals surface area contributed by atoms with Crippen molar-refractivity contribution >= 4 is 34.2 Å². The maximum atomic E-state index is 13.0. The van der Waals surface area contributed by atoms with Gasteiger partial charge in [-0.1, -0.05) is 62.0 Å². The van der Waals surface area contributed by atoms with E-state index < -0.39 is 12.4 Å². The number of carbonyl (C=O) groups excluding carboxylic acids is 1. The molecule has 12 heteroatoms. The van der Waals surface area contributed by atoms with Gasteiger partial charge in [-0.15, -0.1) is 18.3 Å².